The zero-order chi connectivity index (χ0) is 15.5. The molecule has 1 aliphatic carbocycles. The van der Waals surface area contributed by atoms with Crippen molar-refractivity contribution in [2.45, 2.75) is 38.6 Å². The number of benzene rings is 2. The van der Waals surface area contributed by atoms with Gasteiger partial charge in [-0.15, -0.1) is 0 Å². The van der Waals surface area contributed by atoms with E-state index in [4.69, 9.17) is 11.6 Å². The van der Waals surface area contributed by atoms with E-state index in [0.29, 0.717) is 6.42 Å². The van der Waals surface area contributed by atoms with E-state index in [1.807, 2.05) is 31.2 Å². The average molecular weight is 314 g/mol. The van der Waals surface area contributed by atoms with Crippen LogP contribution in [-0.4, -0.2) is 5.91 Å². The van der Waals surface area contributed by atoms with Crippen LogP contribution < -0.4 is 5.32 Å². The van der Waals surface area contributed by atoms with Gasteiger partial charge in [-0.3, -0.25) is 4.79 Å². The summed E-state index contributed by atoms with van der Waals surface area (Å²) in [5.41, 5.74) is 4.81. The first-order valence-corrected chi connectivity index (χ1v) is 8.13. The summed E-state index contributed by atoms with van der Waals surface area (Å²) in [7, 11) is 0. The van der Waals surface area contributed by atoms with Gasteiger partial charge >= 0.3 is 0 Å². The number of fused-ring (bicyclic) bond motifs is 1. The Morgan fingerprint density at radius 1 is 1.27 bits per heavy atom. The third kappa shape index (κ3) is 3.33. The lowest BCUT2D eigenvalue weighted by molar-refractivity contribution is -0.121. The average Bonchev–Trinajstić information content (AvgIpc) is 2.92. The zero-order valence-electron chi connectivity index (χ0n) is 12.7. The maximum Gasteiger partial charge on any atom is 0.220 e. The van der Waals surface area contributed by atoms with Gasteiger partial charge < -0.3 is 5.32 Å². The second-order valence-electron chi connectivity index (χ2n) is 5.94. The van der Waals surface area contributed by atoms with Gasteiger partial charge in [-0.05, 0) is 54.5 Å². The first-order chi connectivity index (χ1) is 10.6. The van der Waals surface area contributed by atoms with E-state index in [1.165, 1.54) is 11.1 Å². The molecule has 0 spiro atoms. The summed E-state index contributed by atoms with van der Waals surface area (Å²) in [6.07, 6.45) is 3.27. The fraction of sp³-hybridized carbons (Fsp3) is 0.316. The molecule has 1 aliphatic rings. The van der Waals surface area contributed by atoms with Gasteiger partial charge in [0.25, 0.3) is 0 Å². The number of hydrogen-bond donors (Lipinski definition) is 1. The van der Waals surface area contributed by atoms with Gasteiger partial charge in [0, 0.05) is 11.4 Å². The Morgan fingerprint density at radius 3 is 2.91 bits per heavy atom. The van der Waals surface area contributed by atoms with E-state index in [1.54, 1.807) is 0 Å². The van der Waals surface area contributed by atoms with Crippen molar-refractivity contribution in [3.63, 3.8) is 0 Å². The van der Waals surface area contributed by atoms with Crippen molar-refractivity contribution >= 4 is 17.5 Å². The largest absolute Gasteiger partial charge is 0.349 e. The quantitative estimate of drug-likeness (QED) is 0.891. The number of carbonyl (C=O) groups is 1. The monoisotopic (exact) mass is 313 g/mol. The van der Waals surface area contributed by atoms with Crippen LogP contribution in [0, 0.1) is 6.92 Å². The Bertz CT molecular complexity index is 696. The molecule has 0 unspecified atom stereocenters. The summed E-state index contributed by atoms with van der Waals surface area (Å²) >= 11 is 6.12. The van der Waals surface area contributed by atoms with E-state index < -0.39 is 0 Å². The maximum atomic E-state index is 12.2. The summed E-state index contributed by atoms with van der Waals surface area (Å²) in [4.78, 5) is 12.2. The Labute approximate surface area is 136 Å². The normalized spacial score (nSPS) is 16.4. The minimum Gasteiger partial charge on any atom is -0.349 e. The number of rotatable bonds is 4. The molecule has 0 bridgehead atoms. The summed E-state index contributed by atoms with van der Waals surface area (Å²) in [5.74, 6) is 0.110. The second-order valence-corrected chi connectivity index (χ2v) is 6.35. The maximum absolute atomic E-state index is 12.2. The number of carbonyl (C=O) groups excluding carboxylic acids is 1. The van der Waals surface area contributed by atoms with E-state index in [2.05, 4.69) is 23.5 Å². The molecule has 0 fully saturated rings. The highest BCUT2D eigenvalue weighted by Crippen LogP contribution is 2.30. The van der Waals surface area contributed by atoms with E-state index in [-0.39, 0.29) is 11.9 Å². The Kier molecular flexibility index (Phi) is 4.49. The summed E-state index contributed by atoms with van der Waals surface area (Å²) in [6.45, 7) is 1.98. The SMILES string of the molecule is Cc1ccc(CCC(=O)N[C@@H]2CCc3ccccc32)cc1Cl. The molecule has 0 radical (unpaired) electrons. The van der Waals surface area contributed by atoms with Crippen LogP contribution in [0.4, 0.5) is 0 Å². The summed E-state index contributed by atoms with van der Waals surface area (Å²) in [6, 6.07) is 14.5. The smallest absolute Gasteiger partial charge is 0.220 e. The third-order valence-electron chi connectivity index (χ3n) is 4.35. The Balaban J connectivity index is 1.56. The fourth-order valence-corrected chi connectivity index (χ4v) is 3.23. The topological polar surface area (TPSA) is 29.1 Å². The molecule has 1 amide bonds. The molecule has 2 aromatic rings. The van der Waals surface area contributed by atoms with Crippen molar-refractivity contribution < 1.29 is 4.79 Å². The van der Waals surface area contributed by atoms with Crippen molar-refractivity contribution in [3.8, 4) is 0 Å². The lowest BCUT2D eigenvalue weighted by atomic mass is 10.1. The van der Waals surface area contributed by atoms with Crippen LogP contribution in [0.3, 0.4) is 0 Å². The molecule has 3 rings (SSSR count). The van der Waals surface area contributed by atoms with Crippen molar-refractivity contribution in [2.75, 3.05) is 0 Å². The van der Waals surface area contributed by atoms with Crippen LogP contribution in [0.2, 0.25) is 5.02 Å². The van der Waals surface area contributed by atoms with Gasteiger partial charge in [-0.1, -0.05) is 48.0 Å². The van der Waals surface area contributed by atoms with Crippen molar-refractivity contribution in [1.82, 2.24) is 5.32 Å². The predicted molar refractivity (Wildman–Crippen MR) is 90.2 cm³/mol. The lowest BCUT2D eigenvalue weighted by Crippen LogP contribution is -2.27. The van der Waals surface area contributed by atoms with E-state index in [9.17, 15) is 4.79 Å². The highest BCUT2D eigenvalue weighted by Gasteiger charge is 2.23. The molecule has 22 heavy (non-hydrogen) atoms. The minimum absolute atomic E-state index is 0.110. The van der Waals surface area contributed by atoms with Crippen LogP contribution in [0.15, 0.2) is 42.5 Å². The van der Waals surface area contributed by atoms with Crippen LogP contribution in [0.1, 0.15) is 41.1 Å². The van der Waals surface area contributed by atoms with E-state index in [0.717, 1.165) is 35.4 Å². The Hall–Kier alpha value is -1.80. The molecule has 1 N–H and O–H groups in total. The van der Waals surface area contributed by atoms with Crippen LogP contribution in [-0.2, 0) is 17.6 Å². The second kappa shape index (κ2) is 6.53. The molecule has 0 saturated heterocycles. The zero-order valence-corrected chi connectivity index (χ0v) is 13.5. The molecule has 0 aliphatic heterocycles. The van der Waals surface area contributed by atoms with Gasteiger partial charge in [0.2, 0.25) is 5.91 Å². The molecule has 0 aromatic heterocycles. The first-order valence-electron chi connectivity index (χ1n) is 7.75. The third-order valence-corrected chi connectivity index (χ3v) is 4.75. The highest BCUT2D eigenvalue weighted by molar-refractivity contribution is 6.31. The fourth-order valence-electron chi connectivity index (χ4n) is 3.02. The van der Waals surface area contributed by atoms with Gasteiger partial charge in [-0.25, -0.2) is 0 Å². The van der Waals surface area contributed by atoms with Crippen molar-refractivity contribution in [2.24, 2.45) is 0 Å². The minimum atomic E-state index is 0.110. The molecular weight excluding hydrogens is 294 g/mol. The first kappa shape index (κ1) is 15.1. The number of nitrogens with one attached hydrogen (secondary N) is 1. The number of amides is 1. The van der Waals surface area contributed by atoms with E-state index >= 15 is 0 Å². The standard InChI is InChI=1S/C19H20ClNO/c1-13-6-7-14(12-17(13)20)8-11-19(22)21-18-10-9-15-4-2-3-5-16(15)18/h2-7,12,18H,8-11H2,1H3,(H,21,22)/t18-/m1/s1. The molecule has 3 heteroatoms. The molecular formula is C19H20ClNO. The van der Waals surface area contributed by atoms with Gasteiger partial charge in [0.1, 0.15) is 0 Å². The number of halogens is 1. The molecule has 2 aromatic carbocycles. The van der Waals surface area contributed by atoms with Gasteiger partial charge in [-0.2, -0.15) is 0 Å². The van der Waals surface area contributed by atoms with Crippen LogP contribution in [0.5, 0.6) is 0 Å². The molecule has 2 nitrogen and oxygen atoms in total. The van der Waals surface area contributed by atoms with Gasteiger partial charge in [0.15, 0.2) is 0 Å². The predicted octanol–water partition coefficient (Wildman–Crippen LogP) is 4.38. The molecule has 114 valence electrons. The molecule has 1 atom stereocenters. The highest BCUT2D eigenvalue weighted by atomic mass is 35.5. The van der Waals surface area contributed by atoms with Crippen molar-refractivity contribution in [3.05, 3.63) is 69.7 Å². The lowest BCUT2D eigenvalue weighted by Gasteiger charge is -2.14. The molecule has 0 heterocycles. The Morgan fingerprint density at radius 2 is 2.09 bits per heavy atom. The summed E-state index contributed by atoms with van der Waals surface area (Å²) < 4.78 is 0. The summed E-state index contributed by atoms with van der Waals surface area (Å²) in [5, 5.41) is 3.93. The number of hydrogen-bond acceptors (Lipinski definition) is 1. The van der Waals surface area contributed by atoms with Crippen LogP contribution in [0.25, 0.3) is 0 Å². The number of aryl methyl sites for hydroxylation is 3. The van der Waals surface area contributed by atoms with Gasteiger partial charge in [0.05, 0.1) is 6.04 Å². The van der Waals surface area contributed by atoms with Crippen molar-refractivity contribution in [1.29, 1.82) is 0 Å². The molecule has 0 saturated carbocycles. The van der Waals surface area contributed by atoms with Crippen LogP contribution >= 0.6 is 11.6 Å².